The Morgan fingerprint density at radius 3 is 1.83 bits per heavy atom. The molecule has 128 valence electrons. The molecule has 1 fully saturated rings. The molecule has 0 radical (unpaired) electrons. The van der Waals surface area contributed by atoms with Crippen LogP contribution in [0.1, 0.15) is 30.5 Å². The summed E-state index contributed by atoms with van der Waals surface area (Å²) >= 11 is 0. The van der Waals surface area contributed by atoms with Gasteiger partial charge >= 0.3 is 12.4 Å². The molecule has 1 saturated heterocycles. The summed E-state index contributed by atoms with van der Waals surface area (Å²) in [5.41, 5.74) is -3.76. The molecule has 1 aliphatic rings. The standard InChI is InChI=1S/C14H14F6N2O/c1-12(2)21-10(11(23)22-12)5-7-3-8(13(15,16)17)6-9(4-7)14(18,19)20/h3-4,6,10,21H,5H2,1-2H3,(H,22,23)/t10-/m0/s1. The van der Waals surface area contributed by atoms with E-state index < -0.39 is 41.1 Å². The van der Waals surface area contributed by atoms with Crippen LogP contribution in [0.2, 0.25) is 0 Å². The van der Waals surface area contributed by atoms with E-state index in [4.69, 9.17) is 0 Å². The lowest BCUT2D eigenvalue weighted by atomic mass is 9.99. The lowest BCUT2D eigenvalue weighted by Gasteiger charge is -2.19. The van der Waals surface area contributed by atoms with E-state index in [1.807, 2.05) is 0 Å². The second-order valence-electron chi connectivity index (χ2n) is 5.93. The van der Waals surface area contributed by atoms with Gasteiger partial charge in [-0.3, -0.25) is 10.1 Å². The number of carbonyl (C=O) groups excluding carboxylic acids is 1. The maximum Gasteiger partial charge on any atom is 0.416 e. The lowest BCUT2D eigenvalue weighted by Crippen LogP contribution is -2.44. The molecule has 0 spiro atoms. The Hall–Kier alpha value is -1.77. The second-order valence-corrected chi connectivity index (χ2v) is 5.93. The largest absolute Gasteiger partial charge is 0.416 e. The van der Waals surface area contributed by atoms with E-state index in [0.29, 0.717) is 12.1 Å². The van der Waals surface area contributed by atoms with Gasteiger partial charge in [-0.05, 0) is 44.0 Å². The van der Waals surface area contributed by atoms with Gasteiger partial charge in [-0.2, -0.15) is 26.3 Å². The third-order valence-corrected chi connectivity index (χ3v) is 3.37. The Bertz CT molecular complexity index is 588. The van der Waals surface area contributed by atoms with E-state index in [1.54, 1.807) is 13.8 Å². The fourth-order valence-corrected chi connectivity index (χ4v) is 2.45. The van der Waals surface area contributed by atoms with Crippen molar-refractivity contribution < 1.29 is 31.1 Å². The summed E-state index contributed by atoms with van der Waals surface area (Å²) in [6, 6.07) is 0.440. The molecule has 1 amide bonds. The molecule has 0 aromatic heterocycles. The Kier molecular flexibility index (Phi) is 4.13. The van der Waals surface area contributed by atoms with Crippen molar-refractivity contribution in [3.8, 4) is 0 Å². The van der Waals surface area contributed by atoms with Gasteiger partial charge < -0.3 is 5.32 Å². The van der Waals surface area contributed by atoms with E-state index in [-0.39, 0.29) is 18.1 Å². The predicted molar refractivity (Wildman–Crippen MR) is 69.3 cm³/mol. The predicted octanol–water partition coefficient (Wildman–Crippen LogP) is 3.09. The number of hydrogen-bond acceptors (Lipinski definition) is 2. The van der Waals surface area contributed by atoms with Gasteiger partial charge in [0.15, 0.2) is 0 Å². The highest BCUT2D eigenvalue weighted by molar-refractivity contribution is 5.85. The van der Waals surface area contributed by atoms with E-state index in [0.717, 1.165) is 0 Å². The van der Waals surface area contributed by atoms with Gasteiger partial charge in [0.05, 0.1) is 22.8 Å². The zero-order valence-corrected chi connectivity index (χ0v) is 12.2. The number of benzene rings is 1. The second kappa shape index (κ2) is 5.40. The number of rotatable bonds is 2. The molecule has 0 aliphatic carbocycles. The van der Waals surface area contributed by atoms with E-state index in [1.165, 1.54) is 0 Å². The van der Waals surface area contributed by atoms with Gasteiger partial charge in [0, 0.05) is 0 Å². The minimum atomic E-state index is -4.90. The Balaban J connectivity index is 2.37. The van der Waals surface area contributed by atoms with Crippen molar-refractivity contribution in [2.45, 2.75) is 44.3 Å². The molecule has 1 aromatic carbocycles. The summed E-state index contributed by atoms with van der Waals surface area (Å²) in [6.07, 6.45) is -10.1. The number of hydrogen-bond donors (Lipinski definition) is 2. The first-order valence-corrected chi connectivity index (χ1v) is 6.66. The molecule has 2 N–H and O–H groups in total. The van der Waals surface area contributed by atoms with Crippen molar-refractivity contribution in [2.24, 2.45) is 0 Å². The van der Waals surface area contributed by atoms with Gasteiger partial charge in [0.25, 0.3) is 0 Å². The van der Waals surface area contributed by atoms with Crippen molar-refractivity contribution >= 4 is 5.91 Å². The third kappa shape index (κ3) is 4.15. The molecule has 1 atom stereocenters. The van der Waals surface area contributed by atoms with Gasteiger partial charge in [-0.1, -0.05) is 0 Å². The van der Waals surface area contributed by atoms with Gasteiger partial charge in [-0.25, -0.2) is 0 Å². The molecule has 0 bridgehead atoms. The van der Waals surface area contributed by atoms with Crippen LogP contribution in [0.4, 0.5) is 26.3 Å². The van der Waals surface area contributed by atoms with Crippen LogP contribution in [-0.4, -0.2) is 17.6 Å². The molecule has 23 heavy (non-hydrogen) atoms. The minimum Gasteiger partial charge on any atom is -0.337 e. The van der Waals surface area contributed by atoms with E-state index >= 15 is 0 Å². The number of alkyl halides is 6. The summed E-state index contributed by atoms with van der Waals surface area (Å²) < 4.78 is 76.7. The average Bonchev–Trinajstić information content (AvgIpc) is 2.59. The van der Waals surface area contributed by atoms with E-state index in [9.17, 15) is 31.1 Å². The number of nitrogens with one attached hydrogen (secondary N) is 2. The topological polar surface area (TPSA) is 41.1 Å². The molecule has 2 rings (SSSR count). The van der Waals surface area contributed by atoms with E-state index in [2.05, 4.69) is 10.6 Å². The Labute approximate surface area is 128 Å². The maximum atomic E-state index is 12.8. The fraction of sp³-hybridized carbons (Fsp3) is 0.500. The molecule has 1 heterocycles. The molecule has 3 nitrogen and oxygen atoms in total. The summed E-state index contributed by atoms with van der Waals surface area (Å²) in [5.74, 6) is -0.471. The monoisotopic (exact) mass is 340 g/mol. The molecular formula is C14H14F6N2O. The van der Waals surface area contributed by atoms with Crippen LogP contribution in [-0.2, 0) is 23.6 Å². The molecular weight excluding hydrogens is 326 g/mol. The molecule has 0 unspecified atom stereocenters. The van der Waals surface area contributed by atoms with Crippen molar-refractivity contribution in [2.75, 3.05) is 0 Å². The smallest absolute Gasteiger partial charge is 0.337 e. The summed E-state index contributed by atoms with van der Waals surface area (Å²) in [4.78, 5) is 11.7. The van der Waals surface area contributed by atoms with Gasteiger partial charge in [0.1, 0.15) is 0 Å². The first-order chi connectivity index (χ1) is 10.3. The van der Waals surface area contributed by atoms with Crippen molar-refractivity contribution in [1.29, 1.82) is 0 Å². The zero-order chi connectivity index (χ0) is 17.6. The Morgan fingerprint density at radius 1 is 1.00 bits per heavy atom. The average molecular weight is 340 g/mol. The van der Waals surface area contributed by atoms with Crippen LogP contribution >= 0.6 is 0 Å². The lowest BCUT2D eigenvalue weighted by molar-refractivity contribution is -0.143. The minimum absolute atomic E-state index is 0.0651. The summed E-state index contributed by atoms with van der Waals surface area (Å²) in [7, 11) is 0. The van der Waals surface area contributed by atoms with Crippen LogP contribution in [0.15, 0.2) is 18.2 Å². The molecule has 1 aromatic rings. The summed E-state index contributed by atoms with van der Waals surface area (Å²) in [6.45, 7) is 3.27. The highest BCUT2D eigenvalue weighted by Gasteiger charge is 2.39. The molecule has 9 heteroatoms. The van der Waals surface area contributed by atoms with Gasteiger partial charge in [0.2, 0.25) is 5.91 Å². The first kappa shape index (κ1) is 17.6. The zero-order valence-electron chi connectivity index (χ0n) is 12.2. The fourth-order valence-electron chi connectivity index (χ4n) is 2.45. The number of carbonyl (C=O) groups is 1. The van der Waals surface area contributed by atoms with Crippen LogP contribution in [0.3, 0.4) is 0 Å². The van der Waals surface area contributed by atoms with Crippen molar-refractivity contribution in [3.63, 3.8) is 0 Å². The number of amides is 1. The SMILES string of the molecule is CC1(C)NC(=O)[C@H](Cc2cc(C(F)(F)F)cc(C(F)(F)F)c2)N1. The molecule has 0 saturated carbocycles. The van der Waals surface area contributed by atoms with Crippen LogP contribution in [0, 0.1) is 0 Å². The molecule has 1 aliphatic heterocycles. The summed E-state index contributed by atoms with van der Waals surface area (Å²) in [5, 5.41) is 5.38. The van der Waals surface area contributed by atoms with Crippen molar-refractivity contribution in [3.05, 3.63) is 34.9 Å². The van der Waals surface area contributed by atoms with Crippen molar-refractivity contribution in [1.82, 2.24) is 10.6 Å². The highest BCUT2D eigenvalue weighted by atomic mass is 19.4. The first-order valence-electron chi connectivity index (χ1n) is 6.66. The van der Waals surface area contributed by atoms with Crippen LogP contribution < -0.4 is 10.6 Å². The normalized spacial score (nSPS) is 21.4. The van der Waals surface area contributed by atoms with Crippen LogP contribution in [0.5, 0.6) is 0 Å². The van der Waals surface area contributed by atoms with Crippen LogP contribution in [0.25, 0.3) is 0 Å². The number of halogens is 6. The third-order valence-electron chi connectivity index (χ3n) is 3.37. The maximum absolute atomic E-state index is 12.8. The highest BCUT2D eigenvalue weighted by Crippen LogP contribution is 2.36. The van der Waals surface area contributed by atoms with Gasteiger partial charge in [-0.15, -0.1) is 0 Å². The Morgan fingerprint density at radius 2 is 1.48 bits per heavy atom. The quantitative estimate of drug-likeness (QED) is 0.813.